The lowest BCUT2D eigenvalue weighted by atomic mass is 9.85. The summed E-state index contributed by atoms with van der Waals surface area (Å²) in [7, 11) is 0. The maximum atomic E-state index is 11.9. The molecule has 31 heavy (non-hydrogen) atoms. The molecule has 0 saturated heterocycles. The van der Waals surface area contributed by atoms with Crippen LogP contribution >= 0.6 is 11.3 Å². The van der Waals surface area contributed by atoms with E-state index in [0.717, 1.165) is 35.4 Å². The predicted molar refractivity (Wildman–Crippen MR) is 123 cm³/mol. The molecule has 0 radical (unpaired) electrons. The fourth-order valence-corrected chi connectivity index (χ4v) is 5.02. The number of rotatable bonds is 6. The van der Waals surface area contributed by atoms with Crippen molar-refractivity contribution >= 4 is 27.4 Å². The van der Waals surface area contributed by atoms with Crippen molar-refractivity contribution in [2.45, 2.75) is 52.8 Å². The number of carbonyl (C=O) groups is 1. The zero-order chi connectivity index (χ0) is 22.2. The summed E-state index contributed by atoms with van der Waals surface area (Å²) in [5.41, 5.74) is 2.05. The van der Waals surface area contributed by atoms with Crippen LogP contribution in [0.2, 0.25) is 0 Å². The maximum Gasteiger partial charge on any atom is 0.309 e. The monoisotopic (exact) mass is 440 g/mol. The van der Waals surface area contributed by atoms with Gasteiger partial charge in [-0.15, -0.1) is 11.3 Å². The van der Waals surface area contributed by atoms with Crippen molar-refractivity contribution in [1.82, 2.24) is 9.88 Å². The van der Waals surface area contributed by atoms with E-state index >= 15 is 0 Å². The van der Waals surface area contributed by atoms with E-state index in [1.807, 2.05) is 0 Å². The van der Waals surface area contributed by atoms with Crippen LogP contribution in [0.25, 0.3) is 10.1 Å². The molecule has 0 fully saturated rings. The third-order valence-electron chi connectivity index (χ3n) is 5.86. The summed E-state index contributed by atoms with van der Waals surface area (Å²) < 4.78 is 7.36. The van der Waals surface area contributed by atoms with Gasteiger partial charge in [-0.3, -0.25) is 14.5 Å². The Morgan fingerprint density at radius 3 is 2.87 bits per heavy atom. The van der Waals surface area contributed by atoms with Crippen LogP contribution in [0.15, 0.2) is 40.5 Å². The Balaban J connectivity index is 1.67. The molecule has 0 saturated carbocycles. The number of carboxylic acid groups (broad SMARTS) is 1. The maximum absolute atomic E-state index is 11.9. The number of hydrogen-bond acceptors (Lipinski definition) is 5. The SMILES string of the molecule is CC[C@@H]1CN(Cc2cc(CC(C)(C)C(=O)O)cc3ccsc23)Cc2[nH]c(=O)ccc2O1. The summed E-state index contributed by atoms with van der Waals surface area (Å²) in [4.78, 5) is 28.7. The molecule has 2 aromatic heterocycles. The van der Waals surface area contributed by atoms with Gasteiger partial charge in [0.2, 0.25) is 5.56 Å². The van der Waals surface area contributed by atoms with Crippen LogP contribution in [0.4, 0.5) is 0 Å². The molecule has 1 atom stereocenters. The molecule has 164 valence electrons. The van der Waals surface area contributed by atoms with Gasteiger partial charge in [0.25, 0.3) is 0 Å². The Kier molecular flexibility index (Phi) is 5.90. The van der Waals surface area contributed by atoms with Crippen molar-refractivity contribution in [3.8, 4) is 5.75 Å². The molecule has 1 aliphatic heterocycles. The van der Waals surface area contributed by atoms with Crippen LogP contribution in [-0.4, -0.2) is 33.6 Å². The topological polar surface area (TPSA) is 82.6 Å². The molecule has 3 heterocycles. The van der Waals surface area contributed by atoms with E-state index in [-0.39, 0.29) is 11.7 Å². The lowest BCUT2D eigenvalue weighted by Crippen LogP contribution is -2.32. The minimum atomic E-state index is -0.830. The van der Waals surface area contributed by atoms with Crippen molar-refractivity contribution in [3.63, 3.8) is 0 Å². The van der Waals surface area contributed by atoms with E-state index in [2.05, 4.69) is 40.4 Å². The first kappa shape index (κ1) is 21.6. The van der Waals surface area contributed by atoms with Crippen molar-refractivity contribution in [2.75, 3.05) is 6.54 Å². The standard InChI is InChI=1S/C24H28N2O4S/c1-4-18-13-26(14-19-20(30-18)5-6-21(27)25-19)12-17-10-15(11-24(2,3)23(28)29)9-16-7-8-31-22(16)17/h5-10,18H,4,11-14H2,1-3H3,(H,25,27)(H,28,29)/t18-/m1/s1. The minimum absolute atomic E-state index is 0.0418. The van der Waals surface area contributed by atoms with E-state index in [4.69, 9.17) is 4.74 Å². The van der Waals surface area contributed by atoms with E-state index in [1.54, 1.807) is 31.3 Å². The second kappa shape index (κ2) is 8.48. The Morgan fingerprint density at radius 2 is 2.13 bits per heavy atom. The third kappa shape index (κ3) is 4.67. The second-order valence-corrected chi connectivity index (χ2v) is 9.86. The van der Waals surface area contributed by atoms with Crippen molar-refractivity contribution in [1.29, 1.82) is 0 Å². The molecule has 1 aliphatic rings. The van der Waals surface area contributed by atoms with Gasteiger partial charge in [-0.2, -0.15) is 0 Å². The third-order valence-corrected chi connectivity index (χ3v) is 6.86. The van der Waals surface area contributed by atoms with Gasteiger partial charge in [0.05, 0.1) is 11.1 Å². The summed E-state index contributed by atoms with van der Waals surface area (Å²) in [6.45, 7) is 7.68. The van der Waals surface area contributed by atoms with Gasteiger partial charge >= 0.3 is 5.97 Å². The first-order chi connectivity index (χ1) is 14.7. The molecule has 0 unspecified atom stereocenters. The van der Waals surface area contributed by atoms with Gasteiger partial charge in [-0.1, -0.05) is 19.1 Å². The van der Waals surface area contributed by atoms with Gasteiger partial charge in [0.15, 0.2) is 0 Å². The summed E-state index contributed by atoms with van der Waals surface area (Å²) in [5, 5.41) is 12.8. The molecule has 6 nitrogen and oxygen atoms in total. The molecular formula is C24H28N2O4S. The summed E-state index contributed by atoms with van der Waals surface area (Å²) in [6, 6.07) is 9.60. The van der Waals surface area contributed by atoms with Gasteiger partial charge < -0.3 is 14.8 Å². The highest BCUT2D eigenvalue weighted by Gasteiger charge is 2.28. The second-order valence-electron chi connectivity index (χ2n) is 8.94. The van der Waals surface area contributed by atoms with E-state index in [9.17, 15) is 14.7 Å². The van der Waals surface area contributed by atoms with Crippen LogP contribution in [0.5, 0.6) is 5.75 Å². The number of H-pyrrole nitrogens is 1. The van der Waals surface area contributed by atoms with Crippen LogP contribution in [0.3, 0.4) is 0 Å². The molecule has 1 aromatic carbocycles. The Hall–Kier alpha value is -2.64. The number of benzene rings is 1. The molecule has 0 amide bonds. The fourth-order valence-electron chi connectivity index (χ4n) is 4.13. The number of hydrogen-bond donors (Lipinski definition) is 2. The zero-order valence-corrected chi connectivity index (χ0v) is 18.9. The van der Waals surface area contributed by atoms with Gasteiger partial charge in [-0.25, -0.2) is 0 Å². The number of fused-ring (bicyclic) bond motifs is 2. The number of aromatic nitrogens is 1. The van der Waals surface area contributed by atoms with Crippen LogP contribution in [0, 0.1) is 5.41 Å². The quantitative estimate of drug-likeness (QED) is 0.593. The number of aliphatic carboxylic acids is 1. The number of aromatic amines is 1. The molecule has 0 aliphatic carbocycles. The lowest BCUT2D eigenvalue weighted by molar-refractivity contribution is -0.146. The Bertz CT molecular complexity index is 1160. The fraction of sp³-hybridized carbons (Fsp3) is 0.417. The van der Waals surface area contributed by atoms with Crippen LogP contribution < -0.4 is 10.3 Å². The number of pyridine rings is 1. The summed E-state index contributed by atoms with van der Waals surface area (Å²) >= 11 is 1.70. The average Bonchev–Trinajstić information content (AvgIpc) is 3.10. The summed E-state index contributed by atoms with van der Waals surface area (Å²) in [6.07, 6.45) is 1.38. The van der Waals surface area contributed by atoms with Gasteiger partial charge in [0, 0.05) is 30.4 Å². The average molecular weight is 441 g/mol. The van der Waals surface area contributed by atoms with Gasteiger partial charge in [-0.05, 0) is 60.7 Å². The molecule has 4 rings (SSSR count). The smallest absolute Gasteiger partial charge is 0.309 e. The van der Waals surface area contributed by atoms with Crippen molar-refractivity contribution < 1.29 is 14.6 Å². The van der Waals surface area contributed by atoms with Crippen LogP contribution in [0.1, 0.15) is 44.0 Å². The largest absolute Gasteiger partial charge is 0.487 e. The number of carboxylic acids is 1. The number of thiophene rings is 1. The summed E-state index contributed by atoms with van der Waals surface area (Å²) in [5.74, 6) is -0.0531. The predicted octanol–water partition coefficient (Wildman–Crippen LogP) is 4.42. The number of ether oxygens (including phenoxy) is 1. The van der Waals surface area contributed by atoms with E-state index in [1.165, 1.54) is 16.3 Å². The number of nitrogens with zero attached hydrogens (tertiary/aromatic N) is 1. The molecule has 3 aromatic rings. The van der Waals surface area contributed by atoms with Crippen molar-refractivity contribution in [3.05, 3.63) is 62.9 Å². The highest BCUT2D eigenvalue weighted by atomic mass is 32.1. The highest BCUT2D eigenvalue weighted by molar-refractivity contribution is 7.17. The molecule has 2 N–H and O–H groups in total. The number of nitrogens with one attached hydrogen (secondary N) is 1. The Labute approximate surface area is 185 Å². The zero-order valence-electron chi connectivity index (χ0n) is 18.1. The highest BCUT2D eigenvalue weighted by Crippen LogP contribution is 2.32. The lowest BCUT2D eigenvalue weighted by Gasteiger charge is -2.24. The minimum Gasteiger partial charge on any atom is -0.487 e. The Morgan fingerprint density at radius 1 is 1.32 bits per heavy atom. The molecule has 7 heteroatoms. The first-order valence-electron chi connectivity index (χ1n) is 10.6. The van der Waals surface area contributed by atoms with Crippen LogP contribution in [-0.2, 0) is 24.3 Å². The normalized spacial score (nSPS) is 17.2. The van der Waals surface area contributed by atoms with E-state index < -0.39 is 11.4 Å². The van der Waals surface area contributed by atoms with Gasteiger partial charge in [0.1, 0.15) is 11.9 Å². The van der Waals surface area contributed by atoms with E-state index in [0.29, 0.717) is 19.5 Å². The first-order valence-corrected chi connectivity index (χ1v) is 11.5. The van der Waals surface area contributed by atoms with Crippen molar-refractivity contribution in [2.24, 2.45) is 5.41 Å². The molecule has 0 spiro atoms. The molecular weight excluding hydrogens is 412 g/mol. The molecule has 0 bridgehead atoms.